The summed E-state index contributed by atoms with van der Waals surface area (Å²) in [5, 5.41) is 3.27. The van der Waals surface area contributed by atoms with Gasteiger partial charge in [0.1, 0.15) is 0 Å². The predicted octanol–water partition coefficient (Wildman–Crippen LogP) is 3.26. The largest absolute Gasteiger partial charge is 0.349 e. The van der Waals surface area contributed by atoms with E-state index in [4.69, 9.17) is 0 Å². The van der Waals surface area contributed by atoms with Crippen molar-refractivity contribution in [2.24, 2.45) is 0 Å². The SMILES string of the molecule is C[C@]12C[C@@H](c3ccccc3)N(C(=O)CN3CCCCCC3)[C@H]1CCCC(=O)N2. The van der Waals surface area contributed by atoms with Crippen LogP contribution in [-0.4, -0.2) is 52.8 Å². The summed E-state index contributed by atoms with van der Waals surface area (Å²) in [4.78, 5) is 30.3. The molecule has 0 bridgehead atoms. The van der Waals surface area contributed by atoms with Crippen LogP contribution in [0.15, 0.2) is 30.3 Å². The van der Waals surface area contributed by atoms with E-state index >= 15 is 0 Å². The Labute approximate surface area is 168 Å². The summed E-state index contributed by atoms with van der Waals surface area (Å²) in [6.45, 7) is 4.68. The molecule has 3 fully saturated rings. The molecule has 5 nitrogen and oxygen atoms in total. The molecule has 0 spiro atoms. The van der Waals surface area contributed by atoms with Gasteiger partial charge in [0.15, 0.2) is 0 Å². The first-order valence-electron chi connectivity index (χ1n) is 11.0. The van der Waals surface area contributed by atoms with Crippen LogP contribution in [0.4, 0.5) is 0 Å². The summed E-state index contributed by atoms with van der Waals surface area (Å²) in [5.41, 5.74) is 0.831. The minimum Gasteiger partial charge on any atom is -0.349 e. The van der Waals surface area contributed by atoms with Gasteiger partial charge in [-0.2, -0.15) is 0 Å². The summed E-state index contributed by atoms with van der Waals surface area (Å²) >= 11 is 0. The summed E-state index contributed by atoms with van der Waals surface area (Å²) < 4.78 is 0. The zero-order valence-corrected chi connectivity index (χ0v) is 17.0. The van der Waals surface area contributed by atoms with Gasteiger partial charge in [-0.25, -0.2) is 0 Å². The van der Waals surface area contributed by atoms with Crippen molar-refractivity contribution in [3.05, 3.63) is 35.9 Å². The Kier molecular flexibility index (Phi) is 5.72. The molecular weight excluding hydrogens is 350 g/mol. The number of amides is 2. The highest BCUT2D eigenvalue weighted by Crippen LogP contribution is 2.45. The molecule has 0 aliphatic carbocycles. The van der Waals surface area contributed by atoms with E-state index in [1.54, 1.807) is 0 Å². The minimum atomic E-state index is -0.345. The molecule has 4 rings (SSSR count). The third-order valence-electron chi connectivity index (χ3n) is 6.86. The monoisotopic (exact) mass is 383 g/mol. The van der Waals surface area contributed by atoms with Crippen molar-refractivity contribution in [2.45, 2.75) is 75.9 Å². The molecule has 0 unspecified atom stereocenters. The van der Waals surface area contributed by atoms with Gasteiger partial charge in [0.2, 0.25) is 11.8 Å². The molecule has 3 heterocycles. The maximum atomic E-state index is 13.6. The molecule has 3 atom stereocenters. The number of nitrogens with zero attached hydrogens (tertiary/aromatic N) is 2. The van der Waals surface area contributed by atoms with Crippen LogP contribution >= 0.6 is 0 Å². The zero-order valence-electron chi connectivity index (χ0n) is 17.0. The van der Waals surface area contributed by atoms with E-state index in [1.165, 1.54) is 31.2 Å². The molecule has 28 heavy (non-hydrogen) atoms. The fourth-order valence-corrected chi connectivity index (χ4v) is 5.46. The Morgan fingerprint density at radius 2 is 1.82 bits per heavy atom. The van der Waals surface area contributed by atoms with Crippen LogP contribution in [0.5, 0.6) is 0 Å². The van der Waals surface area contributed by atoms with Crippen LogP contribution in [0.3, 0.4) is 0 Å². The molecule has 2 amide bonds. The van der Waals surface area contributed by atoms with E-state index in [1.807, 2.05) is 18.2 Å². The number of nitrogens with one attached hydrogen (secondary N) is 1. The molecule has 0 radical (unpaired) electrons. The quantitative estimate of drug-likeness (QED) is 0.872. The third kappa shape index (κ3) is 3.95. The van der Waals surface area contributed by atoms with Gasteiger partial charge < -0.3 is 10.2 Å². The Balaban J connectivity index is 1.61. The average molecular weight is 384 g/mol. The fraction of sp³-hybridized carbons (Fsp3) is 0.652. The van der Waals surface area contributed by atoms with Crippen LogP contribution in [0.25, 0.3) is 0 Å². The smallest absolute Gasteiger partial charge is 0.237 e. The predicted molar refractivity (Wildman–Crippen MR) is 110 cm³/mol. The first-order chi connectivity index (χ1) is 13.6. The van der Waals surface area contributed by atoms with Gasteiger partial charge in [0.05, 0.1) is 24.2 Å². The molecule has 0 aromatic heterocycles. The van der Waals surface area contributed by atoms with Gasteiger partial charge in [-0.3, -0.25) is 14.5 Å². The van der Waals surface area contributed by atoms with Gasteiger partial charge in [0, 0.05) is 6.42 Å². The molecule has 3 aliphatic rings. The number of rotatable bonds is 3. The molecule has 3 aliphatic heterocycles. The molecule has 1 aromatic rings. The lowest BCUT2D eigenvalue weighted by molar-refractivity contribution is -0.136. The maximum absolute atomic E-state index is 13.6. The van der Waals surface area contributed by atoms with Crippen LogP contribution < -0.4 is 5.32 Å². The van der Waals surface area contributed by atoms with Crippen molar-refractivity contribution in [2.75, 3.05) is 19.6 Å². The molecule has 1 N–H and O–H groups in total. The number of fused-ring (bicyclic) bond motifs is 1. The summed E-state index contributed by atoms with van der Waals surface area (Å²) in [6.07, 6.45) is 8.02. The molecule has 152 valence electrons. The Morgan fingerprint density at radius 1 is 1.11 bits per heavy atom. The average Bonchev–Trinajstić information content (AvgIpc) is 2.85. The number of benzene rings is 1. The minimum absolute atomic E-state index is 0.0362. The number of hydrogen-bond acceptors (Lipinski definition) is 3. The van der Waals surface area contributed by atoms with Crippen molar-refractivity contribution in [3.8, 4) is 0 Å². The van der Waals surface area contributed by atoms with E-state index < -0.39 is 0 Å². The first-order valence-corrected chi connectivity index (χ1v) is 11.0. The van der Waals surface area contributed by atoms with Gasteiger partial charge in [0.25, 0.3) is 0 Å². The second kappa shape index (κ2) is 8.24. The van der Waals surface area contributed by atoms with Crippen LogP contribution in [0.2, 0.25) is 0 Å². The molecular formula is C23H33N3O2. The van der Waals surface area contributed by atoms with Gasteiger partial charge in [-0.15, -0.1) is 0 Å². The number of carbonyl (C=O) groups is 2. The third-order valence-corrected chi connectivity index (χ3v) is 6.86. The Hall–Kier alpha value is -1.88. The number of likely N-dealkylation sites (tertiary alicyclic amines) is 2. The van der Waals surface area contributed by atoms with Crippen molar-refractivity contribution in [1.82, 2.24) is 15.1 Å². The second-order valence-corrected chi connectivity index (χ2v) is 9.00. The van der Waals surface area contributed by atoms with E-state index in [0.29, 0.717) is 13.0 Å². The lowest BCUT2D eigenvalue weighted by atomic mass is 9.88. The Bertz CT molecular complexity index is 699. The standard InChI is InChI=1S/C23H33N3O2/c1-23-16-19(18-10-5-4-6-11-18)26(20(23)12-9-13-21(27)24-23)22(28)17-25-14-7-2-3-8-15-25/h4-6,10-11,19-20H,2-3,7-9,12-17H2,1H3,(H,24,27)/t19-,20-,23-/m0/s1. The van der Waals surface area contributed by atoms with Crippen LogP contribution in [0.1, 0.15) is 69.9 Å². The zero-order chi connectivity index (χ0) is 19.6. The molecule has 3 saturated heterocycles. The van der Waals surface area contributed by atoms with E-state index in [2.05, 4.69) is 34.2 Å². The van der Waals surface area contributed by atoms with Crippen LogP contribution in [-0.2, 0) is 9.59 Å². The highest BCUT2D eigenvalue weighted by molar-refractivity contribution is 5.81. The van der Waals surface area contributed by atoms with Crippen molar-refractivity contribution >= 4 is 11.8 Å². The lowest BCUT2D eigenvalue weighted by Gasteiger charge is -2.36. The highest BCUT2D eigenvalue weighted by Gasteiger charge is 2.52. The van der Waals surface area contributed by atoms with Gasteiger partial charge >= 0.3 is 0 Å². The van der Waals surface area contributed by atoms with Crippen molar-refractivity contribution in [1.29, 1.82) is 0 Å². The Morgan fingerprint density at radius 3 is 2.54 bits per heavy atom. The topological polar surface area (TPSA) is 52.7 Å². The molecule has 1 aromatic carbocycles. The van der Waals surface area contributed by atoms with E-state index in [-0.39, 0.29) is 29.4 Å². The van der Waals surface area contributed by atoms with Crippen molar-refractivity contribution < 1.29 is 9.59 Å². The lowest BCUT2D eigenvalue weighted by Crippen LogP contribution is -2.55. The number of hydrogen-bond donors (Lipinski definition) is 1. The van der Waals surface area contributed by atoms with Gasteiger partial charge in [-0.1, -0.05) is 43.2 Å². The molecule has 0 saturated carbocycles. The normalized spacial score (nSPS) is 31.6. The summed E-state index contributed by atoms with van der Waals surface area (Å²) in [5.74, 6) is 0.347. The molecule has 5 heteroatoms. The van der Waals surface area contributed by atoms with Gasteiger partial charge in [-0.05, 0) is 57.7 Å². The van der Waals surface area contributed by atoms with E-state index in [0.717, 1.165) is 32.4 Å². The first kappa shape index (κ1) is 19.4. The van der Waals surface area contributed by atoms with E-state index in [9.17, 15) is 9.59 Å². The number of carbonyl (C=O) groups excluding carboxylic acids is 2. The summed E-state index contributed by atoms with van der Waals surface area (Å²) in [6, 6.07) is 10.5. The highest BCUT2D eigenvalue weighted by atomic mass is 16.2. The maximum Gasteiger partial charge on any atom is 0.237 e. The fourth-order valence-electron chi connectivity index (χ4n) is 5.46. The van der Waals surface area contributed by atoms with Crippen molar-refractivity contribution in [3.63, 3.8) is 0 Å². The second-order valence-electron chi connectivity index (χ2n) is 9.00. The summed E-state index contributed by atoms with van der Waals surface area (Å²) in [7, 11) is 0. The van der Waals surface area contributed by atoms with Crippen LogP contribution in [0, 0.1) is 0 Å².